The number of benzene rings is 1. The van der Waals surface area contributed by atoms with Gasteiger partial charge in [0.2, 0.25) is 5.88 Å². The number of hydrogen-bond donors (Lipinski definition) is 1. The van der Waals surface area contributed by atoms with Crippen molar-refractivity contribution < 1.29 is 4.74 Å². The maximum Gasteiger partial charge on any atom is 0.267 e. The van der Waals surface area contributed by atoms with Crippen LogP contribution in [0.5, 0.6) is 5.88 Å². The minimum atomic E-state index is -0.115. The zero-order valence-corrected chi connectivity index (χ0v) is 16.2. The third-order valence-electron chi connectivity index (χ3n) is 4.84. The van der Waals surface area contributed by atoms with Gasteiger partial charge in [-0.05, 0) is 58.0 Å². The summed E-state index contributed by atoms with van der Waals surface area (Å²) in [5.41, 5.74) is 2.28. The Hall–Kier alpha value is -2.93. The molecule has 7 heteroatoms. The van der Waals surface area contributed by atoms with E-state index in [9.17, 15) is 4.79 Å². The lowest BCUT2D eigenvalue weighted by Gasteiger charge is -2.22. The molecule has 0 amide bonds. The van der Waals surface area contributed by atoms with Crippen LogP contribution in [0.15, 0.2) is 53.3 Å². The van der Waals surface area contributed by atoms with E-state index in [-0.39, 0.29) is 17.7 Å². The number of ether oxygens (including phenoxy) is 1. The predicted octanol–water partition coefficient (Wildman–Crippen LogP) is 2.81. The van der Waals surface area contributed by atoms with Crippen LogP contribution in [0.4, 0.5) is 0 Å². The molecular weight excluding hydrogens is 354 g/mol. The minimum Gasteiger partial charge on any atom is -0.473 e. The molecule has 0 unspecified atom stereocenters. The number of aromatic nitrogens is 4. The van der Waals surface area contributed by atoms with Crippen molar-refractivity contribution in [2.24, 2.45) is 0 Å². The SMILES string of the molecule is CC(C)n1nc(-c2cc(OC3CCNCC3)nn2-c2ccccc2)ccc1=O. The van der Waals surface area contributed by atoms with Gasteiger partial charge in [-0.3, -0.25) is 4.79 Å². The van der Waals surface area contributed by atoms with Gasteiger partial charge in [0.05, 0.1) is 17.4 Å². The molecule has 3 heterocycles. The van der Waals surface area contributed by atoms with E-state index in [0.717, 1.165) is 37.3 Å². The van der Waals surface area contributed by atoms with E-state index in [1.165, 1.54) is 4.68 Å². The van der Waals surface area contributed by atoms with Gasteiger partial charge in [-0.2, -0.15) is 5.10 Å². The van der Waals surface area contributed by atoms with Gasteiger partial charge in [-0.15, -0.1) is 5.10 Å². The smallest absolute Gasteiger partial charge is 0.267 e. The van der Waals surface area contributed by atoms with Gasteiger partial charge in [0.1, 0.15) is 11.8 Å². The molecule has 1 saturated heterocycles. The second kappa shape index (κ2) is 7.98. The van der Waals surface area contributed by atoms with E-state index in [4.69, 9.17) is 9.84 Å². The second-order valence-corrected chi connectivity index (χ2v) is 7.28. The van der Waals surface area contributed by atoms with E-state index in [0.29, 0.717) is 11.6 Å². The van der Waals surface area contributed by atoms with E-state index in [2.05, 4.69) is 10.4 Å². The Morgan fingerprint density at radius 1 is 1.07 bits per heavy atom. The number of nitrogens with zero attached hydrogens (tertiary/aromatic N) is 4. The summed E-state index contributed by atoms with van der Waals surface area (Å²) >= 11 is 0. The molecule has 4 rings (SSSR count). The molecule has 7 nitrogen and oxygen atoms in total. The Labute approximate surface area is 164 Å². The van der Waals surface area contributed by atoms with E-state index in [1.807, 2.05) is 54.9 Å². The number of para-hydroxylation sites is 1. The van der Waals surface area contributed by atoms with Crippen LogP contribution in [-0.2, 0) is 0 Å². The molecule has 0 radical (unpaired) electrons. The lowest BCUT2D eigenvalue weighted by atomic mass is 10.1. The Morgan fingerprint density at radius 2 is 1.82 bits per heavy atom. The summed E-state index contributed by atoms with van der Waals surface area (Å²) in [6.45, 7) is 5.80. The molecule has 1 fully saturated rings. The zero-order chi connectivity index (χ0) is 19.5. The largest absolute Gasteiger partial charge is 0.473 e. The first-order valence-electron chi connectivity index (χ1n) is 9.75. The van der Waals surface area contributed by atoms with Crippen molar-refractivity contribution in [2.75, 3.05) is 13.1 Å². The summed E-state index contributed by atoms with van der Waals surface area (Å²) in [6, 6.07) is 15.1. The molecule has 1 N–H and O–H groups in total. The van der Waals surface area contributed by atoms with Gasteiger partial charge in [-0.1, -0.05) is 18.2 Å². The van der Waals surface area contributed by atoms with Gasteiger partial charge in [0.15, 0.2) is 0 Å². The van der Waals surface area contributed by atoms with Gasteiger partial charge in [0.25, 0.3) is 5.56 Å². The quantitative estimate of drug-likeness (QED) is 0.738. The van der Waals surface area contributed by atoms with Crippen molar-refractivity contribution in [1.82, 2.24) is 24.9 Å². The summed E-state index contributed by atoms with van der Waals surface area (Å²) in [6.07, 6.45) is 2.08. The normalized spacial score (nSPS) is 15.1. The van der Waals surface area contributed by atoms with Crippen molar-refractivity contribution in [3.05, 3.63) is 58.9 Å². The van der Waals surface area contributed by atoms with Crippen LogP contribution in [-0.4, -0.2) is 38.8 Å². The van der Waals surface area contributed by atoms with Crippen molar-refractivity contribution in [2.45, 2.75) is 38.8 Å². The zero-order valence-electron chi connectivity index (χ0n) is 16.2. The van der Waals surface area contributed by atoms with Crippen LogP contribution in [0.3, 0.4) is 0 Å². The van der Waals surface area contributed by atoms with Crippen molar-refractivity contribution in [1.29, 1.82) is 0 Å². The topological polar surface area (TPSA) is 74.0 Å². The average molecular weight is 379 g/mol. The van der Waals surface area contributed by atoms with Crippen LogP contribution >= 0.6 is 0 Å². The van der Waals surface area contributed by atoms with Gasteiger partial charge in [-0.25, -0.2) is 9.36 Å². The van der Waals surface area contributed by atoms with E-state index in [1.54, 1.807) is 12.1 Å². The monoisotopic (exact) mass is 379 g/mol. The lowest BCUT2D eigenvalue weighted by Crippen LogP contribution is -2.34. The van der Waals surface area contributed by atoms with E-state index >= 15 is 0 Å². The van der Waals surface area contributed by atoms with Crippen LogP contribution in [0.2, 0.25) is 0 Å². The Morgan fingerprint density at radius 3 is 2.54 bits per heavy atom. The maximum atomic E-state index is 12.1. The number of hydrogen-bond acceptors (Lipinski definition) is 5. The summed E-state index contributed by atoms with van der Waals surface area (Å²) in [4.78, 5) is 12.1. The second-order valence-electron chi connectivity index (χ2n) is 7.28. The van der Waals surface area contributed by atoms with Crippen molar-refractivity contribution in [3.8, 4) is 23.0 Å². The van der Waals surface area contributed by atoms with Crippen LogP contribution in [0.25, 0.3) is 17.1 Å². The molecule has 2 aromatic heterocycles. The van der Waals surface area contributed by atoms with Crippen molar-refractivity contribution in [3.63, 3.8) is 0 Å². The van der Waals surface area contributed by atoms with E-state index < -0.39 is 0 Å². The standard InChI is InChI=1S/C21H25N5O2/c1-15(2)25-21(27)9-8-18(23-25)19-14-20(28-17-10-12-22-13-11-17)24-26(19)16-6-4-3-5-7-16/h3-9,14-15,17,22H,10-13H2,1-2H3. The summed E-state index contributed by atoms with van der Waals surface area (Å²) < 4.78 is 9.47. The Bertz CT molecular complexity index is 988. The molecule has 1 aromatic carbocycles. The van der Waals surface area contributed by atoms with Gasteiger partial charge >= 0.3 is 0 Å². The number of rotatable bonds is 5. The summed E-state index contributed by atoms with van der Waals surface area (Å²) in [5, 5.41) is 12.6. The van der Waals surface area contributed by atoms with Gasteiger partial charge < -0.3 is 10.1 Å². The first-order chi connectivity index (χ1) is 13.6. The highest BCUT2D eigenvalue weighted by atomic mass is 16.5. The molecular formula is C21H25N5O2. The average Bonchev–Trinajstić information content (AvgIpc) is 3.13. The fraction of sp³-hybridized carbons (Fsp3) is 0.381. The minimum absolute atomic E-state index is 0.0222. The first-order valence-corrected chi connectivity index (χ1v) is 9.75. The highest BCUT2D eigenvalue weighted by Gasteiger charge is 2.20. The highest BCUT2D eigenvalue weighted by molar-refractivity contribution is 5.59. The number of nitrogens with one attached hydrogen (secondary N) is 1. The third-order valence-corrected chi connectivity index (χ3v) is 4.84. The predicted molar refractivity (Wildman–Crippen MR) is 108 cm³/mol. The molecule has 0 saturated carbocycles. The summed E-state index contributed by atoms with van der Waals surface area (Å²) in [7, 11) is 0. The van der Waals surface area contributed by atoms with Crippen molar-refractivity contribution >= 4 is 0 Å². The Kier molecular flexibility index (Phi) is 5.25. The molecule has 3 aromatic rings. The van der Waals surface area contributed by atoms with Gasteiger partial charge in [0, 0.05) is 12.1 Å². The third kappa shape index (κ3) is 3.84. The molecule has 146 valence electrons. The number of piperidine rings is 1. The maximum absolute atomic E-state index is 12.1. The van der Waals surface area contributed by atoms with Crippen LogP contribution < -0.4 is 15.6 Å². The Balaban J connectivity index is 1.76. The van der Waals surface area contributed by atoms with Crippen LogP contribution in [0, 0.1) is 0 Å². The first kappa shape index (κ1) is 18.4. The molecule has 1 aliphatic rings. The fourth-order valence-corrected chi connectivity index (χ4v) is 3.38. The molecule has 0 atom stereocenters. The van der Waals surface area contributed by atoms with Crippen LogP contribution in [0.1, 0.15) is 32.7 Å². The summed E-state index contributed by atoms with van der Waals surface area (Å²) in [5.74, 6) is 0.579. The molecule has 1 aliphatic heterocycles. The fourth-order valence-electron chi connectivity index (χ4n) is 3.38. The highest BCUT2D eigenvalue weighted by Crippen LogP contribution is 2.27. The lowest BCUT2D eigenvalue weighted by molar-refractivity contribution is 0.155. The molecule has 0 spiro atoms. The molecule has 0 bridgehead atoms. The molecule has 28 heavy (non-hydrogen) atoms. The molecule has 0 aliphatic carbocycles.